The van der Waals surface area contributed by atoms with Gasteiger partial charge in [0.15, 0.2) is 0 Å². The Morgan fingerprint density at radius 2 is 1.91 bits per heavy atom. The van der Waals surface area contributed by atoms with Crippen LogP contribution in [0.4, 0.5) is 0 Å². The van der Waals surface area contributed by atoms with Gasteiger partial charge in [-0.05, 0) is 83.0 Å². The number of fused-ring (bicyclic) bond motifs is 1. The first-order chi connectivity index (χ1) is 16.3. The van der Waals surface area contributed by atoms with Crippen molar-refractivity contribution < 1.29 is 9.53 Å². The van der Waals surface area contributed by atoms with Crippen LogP contribution < -0.4 is 10.5 Å². The Hall–Kier alpha value is -3.28. The summed E-state index contributed by atoms with van der Waals surface area (Å²) in [5.41, 5.74) is 10.3. The number of nitrogens with zero attached hydrogens (tertiary/aromatic N) is 4. The van der Waals surface area contributed by atoms with Crippen molar-refractivity contribution in [1.29, 1.82) is 5.26 Å². The fraction of sp³-hybridized carbons (Fsp3) is 0.385. The Kier molecular flexibility index (Phi) is 8.74. The molecule has 1 amide bonds. The molecule has 1 aromatic heterocycles. The molecule has 0 saturated heterocycles. The summed E-state index contributed by atoms with van der Waals surface area (Å²) in [5, 5.41) is 20.1. The number of likely N-dealkylation sites (N-methyl/N-ethyl adjacent to an activating group) is 1. The Balaban J connectivity index is 0.000000406. The Bertz CT molecular complexity index is 1180. The highest BCUT2D eigenvalue weighted by molar-refractivity contribution is 7.17. The van der Waals surface area contributed by atoms with Crippen molar-refractivity contribution in [2.45, 2.75) is 45.6 Å². The van der Waals surface area contributed by atoms with Crippen LogP contribution in [0.25, 0.3) is 21.1 Å². The number of aryl methyl sites for hydroxylation is 1. The van der Waals surface area contributed by atoms with Crippen LogP contribution >= 0.6 is 11.3 Å². The van der Waals surface area contributed by atoms with Crippen molar-refractivity contribution >= 4 is 17.2 Å². The predicted molar refractivity (Wildman–Crippen MR) is 136 cm³/mol. The van der Waals surface area contributed by atoms with Crippen LogP contribution in [0, 0.1) is 11.3 Å². The average Bonchev–Trinajstić information content (AvgIpc) is 3.28. The van der Waals surface area contributed by atoms with E-state index in [-0.39, 0.29) is 12.0 Å². The summed E-state index contributed by atoms with van der Waals surface area (Å²) < 4.78 is 5.71. The molecular formula is C26H31N5O2S. The van der Waals surface area contributed by atoms with Gasteiger partial charge in [-0.25, -0.2) is 0 Å². The molecule has 0 spiro atoms. The lowest BCUT2D eigenvalue weighted by Crippen LogP contribution is -2.27. The van der Waals surface area contributed by atoms with Crippen molar-refractivity contribution in [3.63, 3.8) is 0 Å². The van der Waals surface area contributed by atoms with Crippen molar-refractivity contribution in [2.75, 3.05) is 20.6 Å². The minimum atomic E-state index is -0.287. The molecule has 0 saturated carbocycles. The number of ether oxygens (including phenoxy) is 1. The summed E-state index contributed by atoms with van der Waals surface area (Å²) >= 11 is 1.58. The fourth-order valence-electron chi connectivity index (χ4n) is 3.85. The summed E-state index contributed by atoms with van der Waals surface area (Å²) in [4.78, 5) is 11.7. The van der Waals surface area contributed by atoms with E-state index in [2.05, 4.69) is 34.5 Å². The van der Waals surface area contributed by atoms with Gasteiger partial charge in [-0.2, -0.15) is 5.26 Å². The summed E-state index contributed by atoms with van der Waals surface area (Å²) in [5.74, 6) is 0.322. The lowest BCUT2D eigenvalue weighted by atomic mass is 9.88. The summed E-state index contributed by atoms with van der Waals surface area (Å²) in [7, 11) is 3.59. The van der Waals surface area contributed by atoms with Gasteiger partial charge in [0.1, 0.15) is 21.8 Å². The molecule has 3 aromatic rings. The molecule has 178 valence electrons. The Labute approximate surface area is 205 Å². The number of nitriles is 1. The molecule has 0 unspecified atom stereocenters. The van der Waals surface area contributed by atoms with Crippen molar-refractivity contribution in [3.8, 4) is 33.0 Å². The fourth-order valence-corrected chi connectivity index (χ4v) is 4.74. The zero-order valence-corrected chi connectivity index (χ0v) is 21.0. The maximum atomic E-state index is 9.99. The van der Waals surface area contributed by atoms with Crippen molar-refractivity contribution in [3.05, 3.63) is 53.1 Å². The molecule has 7 nitrogen and oxygen atoms in total. The maximum absolute atomic E-state index is 9.99. The Morgan fingerprint density at radius 1 is 1.18 bits per heavy atom. The number of carbonyl (C=O) groups excluding carboxylic acids is 1. The maximum Gasteiger partial charge on any atom is 0.231 e. The van der Waals surface area contributed by atoms with Gasteiger partial charge in [-0.1, -0.05) is 29.5 Å². The van der Waals surface area contributed by atoms with Gasteiger partial charge in [-0.3, -0.25) is 4.79 Å². The number of aromatic nitrogens is 2. The lowest BCUT2D eigenvalue weighted by molar-refractivity contribution is -0.118. The van der Waals surface area contributed by atoms with E-state index < -0.39 is 0 Å². The van der Waals surface area contributed by atoms with E-state index in [1.54, 1.807) is 30.3 Å². The summed E-state index contributed by atoms with van der Waals surface area (Å²) in [6, 6.07) is 14.3. The van der Waals surface area contributed by atoms with Crippen LogP contribution in [0.5, 0.6) is 5.75 Å². The lowest BCUT2D eigenvalue weighted by Gasteiger charge is -2.17. The van der Waals surface area contributed by atoms with Gasteiger partial charge in [0.2, 0.25) is 5.91 Å². The second kappa shape index (κ2) is 11.7. The zero-order valence-electron chi connectivity index (χ0n) is 20.2. The first-order valence-electron chi connectivity index (χ1n) is 11.4. The third-order valence-electron chi connectivity index (χ3n) is 5.23. The third kappa shape index (κ3) is 6.62. The summed E-state index contributed by atoms with van der Waals surface area (Å²) in [6.07, 6.45) is 4.79. The molecular weight excluding hydrogens is 446 g/mol. The van der Waals surface area contributed by atoms with Gasteiger partial charge in [0.05, 0.1) is 18.2 Å². The number of benzene rings is 2. The van der Waals surface area contributed by atoms with Gasteiger partial charge < -0.3 is 15.4 Å². The van der Waals surface area contributed by atoms with Gasteiger partial charge in [0.25, 0.3) is 0 Å². The minimum absolute atomic E-state index is 0.0281. The van der Waals surface area contributed by atoms with Crippen molar-refractivity contribution in [2.24, 2.45) is 5.73 Å². The monoisotopic (exact) mass is 477 g/mol. The van der Waals surface area contributed by atoms with E-state index in [1.165, 1.54) is 29.5 Å². The van der Waals surface area contributed by atoms with E-state index in [0.717, 1.165) is 28.4 Å². The molecule has 0 bridgehead atoms. The van der Waals surface area contributed by atoms with Crippen LogP contribution in [0.3, 0.4) is 0 Å². The molecule has 8 heteroatoms. The smallest absolute Gasteiger partial charge is 0.231 e. The molecule has 1 aliphatic rings. The number of primary amides is 1. The van der Waals surface area contributed by atoms with Crippen LogP contribution in [0.1, 0.15) is 43.4 Å². The van der Waals surface area contributed by atoms with E-state index in [9.17, 15) is 10.1 Å². The molecule has 2 aromatic carbocycles. The van der Waals surface area contributed by atoms with E-state index >= 15 is 0 Å². The average molecular weight is 478 g/mol. The largest absolute Gasteiger partial charge is 0.490 e. The molecule has 0 aliphatic heterocycles. The van der Waals surface area contributed by atoms with Gasteiger partial charge >= 0.3 is 0 Å². The molecule has 1 heterocycles. The van der Waals surface area contributed by atoms with Gasteiger partial charge in [-0.15, -0.1) is 10.2 Å². The Morgan fingerprint density at radius 3 is 2.56 bits per heavy atom. The third-order valence-corrected chi connectivity index (χ3v) is 6.24. The zero-order chi connectivity index (χ0) is 24.7. The molecule has 1 aliphatic carbocycles. The first kappa shape index (κ1) is 25.3. The molecule has 4 rings (SSSR count). The van der Waals surface area contributed by atoms with E-state index in [0.29, 0.717) is 17.9 Å². The molecule has 0 atom stereocenters. The second-order valence-corrected chi connectivity index (χ2v) is 9.73. The SMILES string of the molecule is CC(C)Oc1ccc(-c2nnc(-c3cccc4c3CCCC4)s2)cc1C#N.CN(C)CC(N)=O. The predicted octanol–water partition coefficient (Wildman–Crippen LogP) is 4.44. The number of nitrogens with two attached hydrogens (primary N) is 1. The molecule has 0 fully saturated rings. The van der Waals surface area contributed by atoms with Crippen LogP contribution in [-0.2, 0) is 17.6 Å². The number of carbonyl (C=O) groups is 1. The highest BCUT2D eigenvalue weighted by Gasteiger charge is 2.18. The second-order valence-electron chi connectivity index (χ2n) is 8.76. The highest BCUT2D eigenvalue weighted by Crippen LogP contribution is 2.36. The number of hydrogen-bond acceptors (Lipinski definition) is 7. The van der Waals surface area contributed by atoms with Crippen LogP contribution in [0.15, 0.2) is 36.4 Å². The summed E-state index contributed by atoms with van der Waals surface area (Å²) in [6.45, 7) is 4.24. The number of hydrogen-bond donors (Lipinski definition) is 1. The van der Waals surface area contributed by atoms with Crippen LogP contribution in [-0.4, -0.2) is 47.7 Å². The van der Waals surface area contributed by atoms with Crippen LogP contribution in [0.2, 0.25) is 0 Å². The molecule has 34 heavy (non-hydrogen) atoms. The van der Waals surface area contributed by atoms with E-state index in [4.69, 9.17) is 10.5 Å². The highest BCUT2D eigenvalue weighted by atomic mass is 32.1. The number of rotatable bonds is 6. The quantitative estimate of drug-likeness (QED) is 0.563. The topological polar surface area (TPSA) is 105 Å². The van der Waals surface area contributed by atoms with Crippen molar-refractivity contribution in [1.82, 2.24) is 15.1 Å². The minimum Gasteiger partial charge on any atom is -0.490 e. The standard InChI is InChI=1S/C22H21N3OS.C4H10N2O/c1-14(2)26-20-11-10-16(12-17(20)13-23)21-24-25-22(27-21)19-9-5-7-15-6-3-4-8-18(15)19;1-6(2)3-4(5)7/h5,7,9-12,14H,3-4,6,8H2,1-2H3;3H2,1-2H3,(H2,5,7). The van der Waals surface area contributed by atoms with E-state index in [1.807, 2.05) is 32.0 Å². The normalized spacial score (nSPS) is 12.5. The molecule has 0 radical (unpaired) electrons. The number of amides is 1. The van der Waals surface area contributed by atoms with Gasteiger partial charge in [0, 0.05) is 11.1 Å². The first-order valence-corrected chi connectivity index (χ1v) is 12.2. The molecule has 2 N–H and O–H groups in total.